The third-order valence-electron chi connectivity index (χ3n) is 5.77. The highest BCUT2D eigenvalue weighted by Gasteiger charge is 2.35. The first-order chi connectivity index (χ1) is 17.2. The summed E-state index contributed by atoms with van der Waals surface area (Å²) in [5, 5.41) is 15.5. The van der Waals surface area contributed by atoms with Gasteiger partial charge >= 0.3 is 6.18 Å². The van der Waals surface area contributed by atoms with Gasteiger partial charge in [-0.25, -0.2) is 4.39 Å². The van der Waals surface area contributed by atoms with Crippen molar-refractivity contribution in [1.82, 2.24) is 14.7 Å². The SMILES string of the molecule is O=C([O-])CCn1ccc2c(-c3noc(-c4ccc(-c5ccccc5F)c(C(F)(F)F)c4)n3)cccc21. The highest BCUT2D eigenvalue weighted by molar-refractivity contribution is 5.94. The topological polar surface area (TPSA) is 84.0 Å². The van der Waals surface area contributed by atoms with Crippen molar-refractivity contribution in [1.29, 1.82) is 0 Å². The van der Waals surface area contributed by atoms with Crippen LogP contribution in [0.1, 0.15) is 12.0 Å². The lowest BCUT2D eigenvalue weighted by Crippen LogP contribution is -2.23. The summed E-state index contributed by atoms with van der Waals surface area (Å²) in [6.45, 7) is 0.210. The van der Waals surface area contributed by atoms with Crippen LogP contribution in [0.3, 0.4) is 0 Å². The molecule has 0 saturated heterocycles. The fourth-order valence-electron chi connectivity index (χ4n) is 4.10. The Balaban J connectivity index is 1.54. The molecule has 0 unspecified atom stereocenters. The van der Waals surface area contributed by atoms with Crippen molar-refractivity contribution in [2.75, 3.05) is 0 Å². The monoisotopic (exact) mass is 494 g/mol. The smallest absolute Gasteiger partial charge is 0.417 e. The van der Waals surface area contributed by atoms with E-state index >= 15 is 0 Å². The number of rotatable bonds is 6. The minimum absolute atomic E-state index is 0.0277. The van der Waals surface area contributed by atoms with E-state index in [0.717, 1.165) is 17.6 Å². The van der Waals surface area contributed by atoms with E-state index in [1.54, 1.807) is 35.0 Å². The van der Waals surface area contributed by atoms with Gasteiger partial charge in [-0.2, -0.15) is 18.2 Å². The fraction of sp³-hybridized carbons (Fsp3) is 0.115. The molecule has 5 aromatic rings. The molecule has 10 heteroatoms. The van der Waals surface area contributed by atoms with E-state index in [1.807, 2.05) is 0 Å². The summed E-state index contributed by atoms with van der Waals surface area (Å²) in [7, 11) is 0. The van der Waals surface area contributed by atoms with Crippen LogP contribution in [0.5, 0.6) is 0 Å². The number of hydrogen-bond acceptors (Lipinski definition) is 5. The molecule has 0 aliphatic rings. The number of aliphatic carboxylic acids is 1. The van der Waals surface area contributed by atoms with Gasteiger partial charge in [0.15, 0.2) is 0 Å². The Kier molecular flexibility index (Phi) is 5.79. The molecule has 0 aliphatic carbocycles. The Labute approximate surface area is 201 Å². The van der Waals surface area contributed by atoms with Crippen molar-refractivity contribution in [2.24, 2.45) is 0 Å². The molecule has 0 N–H and O–H groups in total. The molecule has 0 saturated carbocycles. The molecule has 3 aromatic carbocycles. The van der Waals surface area contributed by atoms with Crippen LogP contribution in [0.2, 0.25) is 0 Å². The highest BCUT2D eigenvalue weighted by Crippen LogP contribution is 2.40. The molecule has 0 radical (unpaired) electrons. The number of fused-ring (bicyclic) bond motifs is 1. The lowest BCUT2D eigenvalue weighted by atomic mass is 9.96. The summed E-state index contributed by atoms with van der Waals surface area (Å²) >= 11 is 0. The van der Waals surface area contributed by atoms with Gasteiger partial charge in [-0.1, -0.05) is 41.6 Å². The first-order valence-electron chi connectivity index (χ1n) is 10.8. The van der Waals surface area contributed by atoms with Crippen LogP contribution in [-0.2, 0) is 17.5 Å². The quantitative estimate of drug-likeness (QED) is 0.298. The second-order valence-corrected chi connectivity index (χ2v) is 8.03. The van der Waals surface area contributed by atoms with Crippen LogP contribution in [0.4, 0.5) is 17.6 Å². The lowest BCUT2D eigenvalue weighted by Gasteiger charge is -2.14. The van der Waals surface area contributed by atoms with E-state index in [1.165, 1.54) is 30.3 Å². The minimum Gasteiger partial charge on any atom is -0.550 e. The molecule has 0 bridgehead atoms. The highest BCUT2D eigenvalue weighted by atomic mass is 19.4. The molecule has 2 aromatic heterocycles. The maximum absolute atomic E-state index is 14.2. The number of aromatic nitrogens is 3. The van der Waals surface area contributed by atoms with Gasteiger partial charge in [0.05, 0.1) is 5.56 Å². The van der Waals surface area contributed by atoms with Crippen molar-refractivity contribution in [2.45, 2.75) is 19.1 Å². The number of carboxylic acid groups (broad SMARTS) is 1. The summed E-state index contributed by atoms with van der Waals surface area (Å²) in [6.07, 6.45) is -3.20. The van der Waals surface area contributed by atoms with Gasteiger partial charge in [0.25, 0.3) is 5.89 Å². The van der Waals surface area contributed by atoms with Gasteiger partial charge in [-0.3, -0.25) is 0 Å². The molecule has 0 aliphatic heterocycles. The number of nitrogens with zero attached hydrogens (tertiary/aromatic N) is 3. The molecular formula is C26H16F4N3O3-. The Bertz CT molecular complexity index is 1590. The van der Waals surface area contributed by atoms with Gasteiger partial charge in [0.1, 0.15) is 5.82 Å². The third kappa shape index (κ3) is 4.33. The third-order valence-corrected chi connectivity index (χ3v) is 5.77. The maximum atomic E-state index is 14.2. The number of carboxylic acids is 1. The minimum atomic E-state index is -4.75. The van der Waals surface area contributed by atoms with Crippen molar-refractivity contribution in [3.8, 4) is 34.0 Å². The van der Waals surface area contributed by atoms with Gasteiger partial charge in [-0.15, -0.1) is 0 Å². The van der Waals surface area contributed by atoms with Crippen LogP contribution in [-0.4, -0.2) is 20.7 Å². The molecule has 2 heterocycles. The average Bonchev–Trinajstić information content (AvgIpc) is 3.50. The molecule has 0 atom stereocenters. The van der Waals surface area contributed by atoms with Crippen LogP contribution < -0.4 is 5.11 Å². The van der Waals surface area contributed by atoms with Crippen molar-refractivity contribution >= 4 is 16.9 Å². The molecule has 0 fully saturated rings. The zero-order valence-electron chi connectivity index (χ0n) is 18.4. The van der Waals surface area contributed by atoms with Crippen LogP contribution >= 0.6 is 0 Å². The standard InChI is InChI=1S/C26H17F4N3O3/c27-21-6-2-1-4-17(21)16-9-8-15(14-20(16)26(28,29)30)25-31-24(32-36-25)19-5-3-7-22-18(19)10-12-33(22)13-11-23(34)35/h1-10,12,14H,11,13H2,(H,34,35)/p-1. The molecule has 5 rings (SSSR count). The van der Waals surface area contributed by atoms with E-state index in [-0.39, 0.29) is 41.4 Å². The average molecular weight is 494 g/mol. The van der Waals surface area contributed by atoms with Crippen molar-refractivity contribution < 1.29 is 32.0 Å². The zero-order chi connectivity index (χ0) is 25.4. The summed E-state index contributed by atoms with van der Waals surface area (Å²) in [6, 6.07) is 15.7. The maximum Gasteiger partial charge on any atom is 0.417 e. The number of hydrogen-bond donors (Lipinski definition) is 0. The van der Waals surface area contributed by atoms with Crippen LogP contribution in [0.25, 0.3) is 44.9 Å². The first-order valence-corrected chi connectivity index (χ1v) is 10.8. The van der Waals surface area contributed by atoms with Gasteiger partial charge < -0.3 is 19.0 Å². The van der Waals surface area contributed by atoms with E-state index in [2.05, 4.69) is 10.1 Å². The summed E-state index contributed by atoms with van der Waals surface area (Å²) < 4.78 is 62.9. The largest absolute Gasteiger partial charge is 0.550 e. The number of aryl methyl sites for hydroxylation is 1. The second-order valence-electron chi connectivity index (χ2n) is 8.03. The van der Waals surface area contributed by atoms with Gasteiger partial charge in [0, 0.05) is 52.7 Å². The predicted octanol–water partition coefficient (Wildman–Crippen LogP) is 5.32. The fourth-order valence-corrected chi connectivity index (χ4v) is 4.10. The number of alkyl halides is 3. The van der Waals surface area contributed by atoms with Crippen LogP contribution in [0.15, 0.2) is 77.4 Å². The first kappa shape index (κ1) is 23.3. The molecule has 182 valence electrons. The molecule has 6 nitrogen and oxygen atoms in total. The van der Waals surface area contributed by atoms with Crippen LogP contribution in [0, 0.1) is 5.82 Å². The van der Waals surface area contributed by atoms with Gasteiger partial charge in [-0.05, 0) is 35.9 Å². The van der Waals surface area contributed by atoms with Crippen molar-refractivity contribution in [3.05, 3.63) is 84.3 Å². The summed E-state index contributed by atoms with van der Waals surface area (Å²) in [5.41, 5.74) is -0.177. The summed E-state index contributed by atoms with van der Waals surface area (Å²) in [5.74, 6) is -1.92. The summed E-state index contributed by atoms with van der Waals surface area (Å²) in [4.78, 5) is 15.1. The lowest BCUT2D eigenvalue weighted by molar-refractivity contribution is -0.305. The van der Waals surface area contributed by atoms with E-state index in [4.69, 9.17) is 4.52 Å². The Hall–Kier alpha value is -4.47. The molecule has 36 heavy (non-hydrogen) atoms. The molecular weight excluding hydrogens is 478 g/mol. The second kappa shape index (κ2) is 8.95. The Morgan fingerprint density at radius 2 is 1.75 bits per heavy atom. The zero-order valence-corrected chi connectivity index (χ0v) is 18.4. The van der Waals surface area contributed by atoms with Gasteiger partial charge in [0.2, 0.25) is 5.82 Å². The Morgan fingerprint density at radius 1 is 0.972 bits per heavy atom. The predicted molar refractivity (Wildman–Crippen MR) is 121 cm³/mol. The van der Waals surface area contributed by atoms with E-state index in [9.17, 15) is 27.5 Å². The van der Waals surface area contributed by atoms with E-state index < -0.39 is 23.5 Å². The number of carbonyl (C=O) groups is 1. The number of carbonyl (C=O) groups excluding carboxylic acids is 1. The van der Waals surface area contributed by atoms with Crippen molar-refractivity contribution in [3.63, 3.8) is 0 Å². The Morgan fingerprint density at radius 3 is 2.50 bits per heavy atom. The molecule has 0 amide bonds. The normalized spacial score (nSPS) is 11.8. The number of halogens is 4. The van der Waals surface area contributed by atoms with E-state index in [0.29, 0.717) is 10.9 Å². The molecule has 0 spiro atoms. The number of benzene rings is 3.